The Morgan fingerprint density at radius 2 is 2.26 bits per heavy atom. The maximum atomic E-state index is 12.3. The minimum Gasteiger partial charge on any atom is -0.453 e. The van der Waals surface area contributed by atoms with Crippen molar-refractivity contribution in [3.63, 3.8) is 0 Å². The van der Waals surface area contributed by atoms with Crippen molar-refractivity contribution in [3.8, 4) is 0 Å². The van der Waals surface area contributed by atoms with Gasteiger partial charge in [-0.1, -0.05) is 0 Å². The van der Waals surface area contributed by atoms with E-state index in [1.165, 1.54) is 18.1 Å². The number of hydrogen-bond donors (Lipinski definition) is 2. The van der Waals surface area contributed by atoms with Crippen LogP contribution < -0.4 is 10.9 Å². The van der Waals surface area contributed by atoms with E-state index in [1.54, 1.807) is 6.92 Å². The van der Waals surface area contributed by atoms with Gasteiger partial charge >= 0.3 is 6.09 Å². The molecule has 0 bridgehead atoms. The van der Waals surface area contributed by atoms with Gasteiger partial charge in [-0.05, 0) is 26.2 Å². The minimum absolute atomic E-state index is 0.204. The highest BCUT2D eigenvalue weighted by molar-refractivity contribution is 5.85. The van der Waals surface area contributed by atoms with Crippen molar-refractivity contribution in [2.24, 2.45) is 0 Å². The summed E-state index contributed by atoms with van der Waals surface area (Å²) in [6.45, 7) is 2.61. The second-order valence-electron chi connectivity index (χ2n) is 5.55. The molecule has 1 aliphatic rings. The zero-order chi connectivity index (χ0) is 16.8. The first-order valence-electron chi connectivity index (χ1n) is 7.70. The first kappa shape index (κ1) is 17.0. The normalized spacial score (nSPS) is 17.7. The van der Waals surface area contributed by atoms with Gasteiger partial charge in [0.15, 0.2) is 0 Å². The fourth-order valence-corrected chi connectivity index (χ4v) is 2.72. The predicted octanol–water partition coefficient (Wildman–Crippen LogP) is 0.358. The summed E-state index contributed by atoms with van der Waals surface area (Å²) in [6.07, 6.45) is 2.34. The highest BCUT2D eigenvalue weighted by atomic mass is 16.5. The predicted molar refractivity (Wildman–Crippen MR) is 83.1 cm³/mol. The standard InChI is InChI=1S/C15H22N4O4/c1-10-9-13(20)18-12(17-10)6-7-16-14(21)11-5-3-4-8-19(11)15(22)23-2/h9,11H,3-8H2,1-2H3,(H,16,21)(H,17,18,20)/t11-/m1/s1. The number of ether oxygens (including phenoxy) is 1. The number of amides is 2. The molecular formula is C15H22N4O4. The number of H-pyrrole nitrogens is 1. The van der Waals surface area contributed by atoms with Gasteiger partial charge in [0.1, 0.15) is 11.9 Å². The van der Waals surface area contributed by atoms with Gasteiger partial charge in [-0.2, -0.15) is 0 Å². The summed E-state index contributed by atoms with van der Waals surface area (Å²) in [5.74, 6) is 0.328. The summed E-state index contributed by atoms with van der Waals surface area (Å²) in [5.41, 5.74) is 0.433. The molecule has 0 aromatic carbocycles. The number of aromatic amines is 1. The highest BCUT2D eigenvalue weighted by Crippen LogP contribution is 2.18. The molecule has 2 amide bonds. The van der Waals surface area contributed by atoms with Gasteiger partial charge in [-0.3, -0.25) is 14.5 Å². The summed E-state index contributed by atoms with van der Waals surface area (Å²) in [6, 6.07) is 0.916. The lowest BCUT2D eigenvalue weighted by Crippen LogP contribution is -2.52. The van der Waals surface area contributed by atoms with Crippen LogP contribution in [0.3, 0.4) is 0 Å². The smallest absolute Gasteiger partial charge is 0.410 e. The van der Waals surface area contributed by atoms with Gasteiger partial charge in [0, 0.05) is 31.3 Å². The van der Waals surface area contributed by atoms with E-state index >= 15 is 0 Å². The van der Waals surface area contributed by atoms with Crippen LogP contribution in [0.5, 0.6) is 0 Å². The minimum atomic E-state index is -0.499. The summed E-state index contributed by atoms with van der Waals surface area (Å²) < 4.78 is 4.73. The van der Waals surface area contributed by atoms with Crippen LogP contribution in [0.1, 0.15) is 30.8 Å². The first-order valence-corrected chi connectivity index (χ1v) is 7.70. The van der Waals surface area contributed by atoms with Crippen LogP contribution in [-0.2, 0) is 16.0 Å². The zero-order valence-corrected chi connectivity index (χ0v) is 13.4. The number of carbonyl (C=O) groups is 2. The number of methoxy groups -OCH3 is 1. The van der Waals surface area contributed by atoms with Gasteiger partial charge in [-0.15, -0.1) is 0 Å². The number of nitrogens with zero attached hydrogens (tertiary/aromatic N) is 2. The Kier molecular flexibility index (Phi) is 5.72. The molecule has 1 aliphatic heterocycles. The molecule has 2 N–H and O–H groups in total. The lowest BCUT2D eigenvalue weighted by atomic mass is 10.0. The fourth-order valence-electron chi connectivity index (χ4n) is 2.72. The molecule has 8 nitrogen and oxygen atoms in total. The molecule has 1 atom stereocenters. The Morgan fingerprint density at radius 1 is 1.48 bits per heavy atom. The number of carbonyl (C=O) groups excluding carboxylic acids is 2. The quantitative estimate of drug-likeness (QED) is 0.833. The third-order valence-corrected chi connectivity index (χ3v) is 3.79. The molecule has 2 heterocycles. The zero-order valence-electron chi connectivity index (χ0n) is 13.4. The summed E-state index contributed by atoms with van der Waals surface area (Å²) in [7, 11) is 1.31. The van der Waals surface area contributed by atoms with Crippen molar-refractivity contribution in [2.45, 2.75) is 38.6 Å². The molecule has 1 saturated heterocycles. The molecule has 0 radical (unpaired) electrons. The Hall–Kier alpha value is -2.38. The second kappa shape index (κ2) is 7.75. The van der Waals surface area contributed by atoms with Crippen molar-refractivity contribution >= 4 is 12.0 Å². The largest absolute Gasteiger partial charge is 0.453 e. The lowest BCUT2D eigenvalue weighted by molar-refractivity contribution is -0.126. The molecule has 126 valence electrons. The van der Waals surface area contributed by atoms with Crippen molar-refractivity contribution in [3.05, 3.63) is 27.9 Å². The molecule has 1 fully saturated rings. The van der Waals surface area contributed by atoms with Crippen molar-refractivity contribution in [1.82, 2.24) is 20.2 Å². The average molecular weight is 322 g/mol. The Balaban J connectivity index is 1.90. The van der Waals surface area contributed by atoms with Gasteiger partial charge < -0.3 is 15.0 Å². The molecule has 23 heavy (non-hydrogen) atoms. The summed E-state index contributed by atoms with van der Waals surface area (Å²) in [5, 5.41) is 2.80. The lowest BCUT2D eigenvalue weighted by Gasteiger charge is -2.33. The van der Waals surface area contributed by atoms with E-state index in [0.717, 1.165) is 12.8 Å². The Morgan fingerprint density at radius 3 is 2.96 bits per heavy atom. The van der Waals surface area contributed by atoms with Crippen LogP contribution in [-0.4, -0.2) is 53.1 Å². The maximum absolute atomic E-state index is 12.3. The fraction of sp³-hybridized carbons (Fsp3) is 0.600. The Bertz CT molecular complexity index is 628. The van der Waals surface area contributed by atoms with E-state index in [1.807, 2.05) is 0 Å². The SMILES string of the molecule is COC(=O)N1CCCC[C@@H]1C(=O)NCCc1nc(C)cc(=O)[nH]1. The Labute approximate surface area is 134 Å². The van der Waals surface area contributed by atoms with Gasteiger partial charge in [0.05, 0.1) is 7.11 Å². The highest BCUT2D eigenvalue weighted by Gasteiger charge is 2.32. The van der Waals surface area contributed by atoms with E-state index < -0.39 is 12.1 Å². The number of hydrogen-bond acceptors (Lipinski definition) is 5. The van der Waals surface area contributed by atoms with Crippen molar-refractivity contribution in [1.29, 1.82) is 0 Å². The molecule has 8 heteroatoms. The summed E-state index contributed by atoms with van der Waals surface area (Å²) >= 11 is 0. The number of likely N-dealkylation sites (tertiary alicyclic amines) is 1. The first-order chi connectivity index (χ1) is 11.0. The van der Waals surface area contributed by atoms with Crippen LogP contribution in [0, 0.1) is 6.92 Å². The number of aryl methyl sites for hydroxylation is 1. The van der Waals surface area contributed by atoms with E-state index in [9.17, 15) is 14.4 Å². The van der Waals surface area contributed by atoms with E-state index in [4.69, 9.17) is 4.74 Å². The number of nitrogens with one attached hydrogen (secondary N) is 2. The molecular weight excluding hydrogens is 300 g/mol. The molecule has 2 rings (SSSR count). The molecule has 1 aromatic heterocycles. The molecule has 0 unspecified atom stereocenters. The monoisotopic (exact) mass is 322 g/mol. The maximum Gasteiger partial charge on any atom is 0.410 e. The van der Waals surface area contributed by atoms with Crippen LogP contribution >= 0.6 is 0 Å². The van der Waals surface area contributed by atoms with E-state index in [2.05, 4.69) is 15.3 Å². The molecule has 0 spiro atoms. The third kappa shape index (κ3) is 4.54. The number of piperidine rings is 1. The second-order valence-corrected chi connectivity index (χ2v) is 5.55. The van der Waals surface area contributed by atoms with Crippen molar-refractivity contribution in [2.75, 3.05) is 20.2 Å². The molecule has 0 saturated carbocycles. The van der Waals surface area contributed by atoms with Crippen LogP contribution in [0.15, 0.2) is 10.9 Å². The number of rotatable bonds is 4. The van der Waals surface area contributed by atoms with E-state index in [0.29, 0.717) is 37.4 Å². The van der Waals surface area contributed by atoms with E-state index in [-0.39, 0.29) is 11.5 Å². The van der Waals surface area contributed by atoms with Crippen molar-refractivity contribution < 1.29 is 14.3 Å². The summed E-state index contributed by atoms with van der Waals surface area (Å²) in [4.78, 5) is 43.7. The van der Waals surface area contributed by atoms with Crippen LogP contribution in [0.2, 0.25) is 0 Å². The number of aromatic nitrogens is 2. The topological polar surface area (TPSA) is 104 Å². The van der Waals surface area contributed by atoms with Crippen LogP contribution in [0.4, 0.5) is 4.79 Å². The average Bonchev–Trinajstić information content (AvgIpc) is 2.53. The van der Waals surface area contributed by atoms with Gasteiger partial charge in [0.25, 0.3) is 5.56 Å². The molecule has 1 aromatic rings. The molecule has 0 aliphatic carbocycles. The van der Waals surface area contributed by atoms with Crippen LogP contribution in [0.25, 0.3) is 0 Å². The van der Waals surface area contributed by atoms with Gasteiger partial charge in [-0.25, -0.2) is 9.78 Å². The third-order valence-electron chi connectivity index (χ3n) is 3.79. The van der Waals surface area contributed by atoms with Gasteiger partial charge in [0.2, 0.25) is 5.91 Å².